The van der Waals surface area contributed by atoms with E-state index in [1.165, 1.54) is 36.0 Å². The molecule has 1 aromatic rings. The molecule has 1 aromatic carbocycles. The van der Waals surface area contributed by atoms with Gasteiger partial charge in [0, 0.05) is 12.0 Å². The van der Waals surface area contributed by atoms with Gasteiger partial charge in [-0.15, -0.1) is 0 Å². The molecule has 0 aliphatic carbocycles. The van der Waals surface area contributed by atoms with E-state index in [0.29, 0.717) is 0 Å². The molecule has 0 fully saturated rings. The molecule has 1 aliphatic heterocycles. The smallest absolute Gasteiger partial charge is 0.242 e. The fourth-order valence-corrected chi connectivity index (χ4v) is 6.31. The molecule has 2 unspecified atom stereocenters. The Kier molecular flexibility index (Phi) is 9.28. The van der Waals surface area contributed by atoms with Crippen molar-refractivity contribution in [3.63, 3.8) is 0 Å². The maximum Gasteiger partial charge on any atom is 0.242 e. The predicted molar refractivity (Wildman–Crippen MR) is 143 cm³/mol. The molecule has 0 radical (unpaired) electrons. The van der Waals surface area contributed by atoms with Crippen molar-refractivity contribution in [1.82, 2.24) is 0 Å². The first-order valence-electron chi connectivity index (χ1n) is 12.6. The van der Waals surface area contributed by atoms with Crippen molar-refractivity contribution in [3.05, 3.63) is 34.9 Å². The minimum absolute atomic E-state index is 0.0437. The van der Waals surface area contributed by atoms with Crippen LogP contribution in [0.1, 0.15) is 70.9 Å². The monoisotopic (exact) mass is 476 g/mol. The van der Waals surface area contributed by atoms with Gasteiger partial charge in [0.1, 0.15) is 17.1 Å². The number of unbranched alkanes of at least 4 members (excludes halogenated alkanes) is 2. The third-order valence-corrected chi connectivity index (χ3v) is 7.64. The van der Waals surface area contributed by atoms with Gasteiger partial charge in [0.2, 0.25) is 8.32 Å². The molecular weight excluding hydrogens is 428 g/mol. The van der Waals surface area contributed by atoms with Gasteiger partial charge in [-0.25, -0.2) is 0 Å². The maximum absolute atomic E-state index is 6.87. The normalized spacial score (nSPS) is 21.0. The minimum Gasteiger partial charge on any atom is -0.544 e. The summed E-state index contributed by atoms with van der Waals surface area (Å²) in [5.41, 5.74) is 3.56. The molecule has 182 valence electrons. The van der Waals surface area contributed by atoms with Gasteiger partial charge in [-0.05, 0) is 103 Å². The van der Waals surface area contributed by atoms with E-state index < -0.39 is 16.6 Å². The highest BCUT2D eigenvalue weighted by Gasteiger charge is 2.44. The van der Waals surface area contributed by atoms with Gasteiger partial charge < -0.3 is 13.6 Å². The topological polar surface area (TPSA) is 27.7 Å². The molecule has 3 nitrogen and oxygen atoms in total. The van der Waals surface area contributed by atoms with Crippen LogP contribution in [0.3, 0.4) is 0 Å². The SMILES string of the molecule is CCCCCc1cc2c(c(O[Si](C)(C)C)c1)CC(O[Si](C)(C)C)C(C)(CCC=C(C)C)O2. The lowest BCUT2D eigenvalue weighted by molar-refractivity contribution is -0.0496. The fraction of sp³-hybridized carbons (Fsp3) is 0.704. The molecule has 0 amide bonds. The van der Waals surface area contributed by atoms with E-state index in [2.05, 4.69) is 85.2 Å². The Labute approximate surface area is 200 Å². The first-order chi connectivity index (χ1) is 14.7. The second kappa shape index (κ2) is 10.9. The van der Waals surface area contributed by atoms with E-state index >= 15 is 0 Å². The molecule has 0 spiro atoms. The summed E-state index contributed by atoms with van der Waals surface area (Å²) in [7, 11) is -3.49. The first kappa shape index (κ1) is 27.2. The number of hydrogen-bond donors (Lipinski definition) is 0. The Morgan fingerprint density at radius 2 is 1.78 bits per heavy atom. The number of aryl methyl sites for hydroxylation is 1. The van der Waals surface area contributed by atoms with Crippen molar-refractivity contribution < 1.29 is 13.6 Å². The van der Waals surface area contributed by atoms with Crippen LogP contribution in [0.2, 0.25) is 39.3 Å². The summed E-state index contributed by atoms with van der Waals surface area (Å²) in [5.74, 6) is 2.05. The molecule has 0 N–H and O–H groups in total. The molecule has 32 heavy (non-hydrogen) atoms. The molecule has 0 saturated heterocycles. The Morgan fingerprint density at radius 3 is 2.34 bits per heavy atom. The fourth-order valence-electron chi connectivity index (χ4n) is 4.28. The van der Waals surface area contributed by atoms with Gasteiger partial charge in [-0.1, -0.05) is 31.4 Å². The summed E-state index contributed by atoms with van der Waals surface area (Å²) in [4.78, 5) is 0. The zero-order valence-corrected chi connectivity index (χ0v) is 24.5. The summed E-state index contributed by atoms with van der Waals surface area (Å²) in [5, 5.41) is 0. The van der Waals surface area contributed by atoms with Crippen molar-refractivity contribution >= 4 is 16.6 Å². The average molecular weight is 477 g/mol. The Morgan fingerprint density at radius 1 is 1.09 bits per heavy atom. The minimum atomic E-state index is -1.75. The van der Waals surface area contributed by atoms with E-state index in [4.69, 9.17) is 13.6 Å². The van der Waals surface area contributed by atoms with Crippen LogP contribution < -0.4 is 9.16 Å². The summed E-state index contributed by atoms with van der Waals surface area (Å²) in [6, 6.07) is 4.57. The van der Waals surface area contributed by atoms with Crippen LogP contribution in [0.25, 0.3) is 0 Å². The zero-order chi connectivity index (χ0) is 24.2. The zero-order valence-electron chi connectivity index (χ0n) is 22.5. The predicted octanol–water partition coefficient (Wildman–Crippen LogP) is 8.29. The molecule has 5 heteroatoms. The number of allylic oxidation sites excluding steroid dienone is 2. The molecular formula is C27H48O3Si2. The van der Waals surface area contributed by atoms with Gasteiger partial charge in [0.15, 0.2) is 8.32 Å². The van der Waals surface area contributed by atoms with Crippen molar-refractivity contribution in [3.8, 4) is 11.5 Å². The number of fused-ring (bicyclic) bond motifs is 1. The Bertz CT molecular complexity index is 785. The molecule has 1 aliphatic rings. The number of ether oxygens (including phenoxy) is 1. The van der Waals surface area contributed by atoms with E-state index in [1.807, 2.05) is 0 Å². The number of rotatable bonds is 11. The van der Waals surface area contributed by atoms with E-state index in [0.717, 1.165) is 37.2 Å². The molecule has 2 atom stereocenters. The quantitative estimate of drug-likeness (QED) is 0.183. The molecule has 0 aromatic heterocycles. The van der Waals surface area contributed by atoms with Crippen molar-refractivity contribution in [2.24, 2.45) is 0 Å². The summed E-state index contributed by atoms with van der Waals surface area (Å²) in [6.45, 7) is 22.4. The lowest BCUT2D eigenvalue weighted by Crippen LogP contribution is -2.53. The van der Waals surface area contributed by atoms with Crippen LogP contribution in [0, 0.1) is 0 Å². The lowest BCUT2D eigenvalue weighted by atomic mass is 9.85. The Hall–Kier alpha value is -1.05. The third-order valence-electron chi connectivity index (χ3n) is 5.82. The van der Waals surface area contributed by atoms with E-state index in [9.17, 15) is 0 Å². The van der Waals surface area contributed by atoms with Crippen molar-refractivity contribution in [2.45, 2.75) is 124 Å². The summed E-state index contributed by atoms with van der Waals surface area (Å²) in [6.07, 6.45) is 9.97. The largest absolute Gasteiger partial charge is 0.544 e. The maximum atomic E-state index is 6.87. The molecule has 0 bridgehead atoms. The number of hydrogen-bond acceptors (Lipinski definition) is 3. The van der Waals surface area contributed by atoms with Crippen molar-refractivity contribution in [1.29, 1.82) is 0 Å². The van der Waals surface area contributed by atoms with Gasteiger partial charge in [0.05, 0.1) is 6.10 Å². The van der Waals surface area contributed by atoms with E-state index in [1.54, 1.807) is 0 Å². The van der Waals surface area contributed by atoms with Crippen LogP contribution >= 0.6 is 0 Å². The third kappa shape index (κ3) is 8.38. The van der Waals surface area contributed by atoms with Crippen molar-refractivity contribution in [2.75, 3.05) is 0 Å². The Balaban J connectivity index is 2.47. The van der Waals surface area contributed by atoms with Gasteiger partial charge >= 0.3 is 0 Å². The van der Waals surface area contributed by atoms with Crippen LogP contribution in [-0.4, -0.2) is 28.3 Å². The average Bonchev–Trinajstić information content (AvgIpc) is 2.60. The highest BCUT2D eigenvalue weighted by Crippen LogP contribution is 2.44. The molecule has 1 heterocycles. The summed E-state index contributed by atoms with van der Waals surface area (Å²) < 4.78 is 20.2. The molecule has 0 saturated carbocycles. The highest BCUT2D eigenvalue weighted by atomic mass is 28.4. The van der Waals surface area contributed by atoms with Crippen LogP contribution in [-0.2, 0) is 17.3 Å². The highest BCUT2D eigenvalue weighted by molar-refractivity contribution is 6.70. The van der Waals surface area contributed by atoms with Gasteiger partial charge in [-0.3, -0.25) is 0 Å². The van der Waals surface area contributed by atoms with Crippen LogP contribution in [0.15, 0.2) is 23.8 Å². The molecule has 2 rings (SSSR count). The number of benzene rings is 1. The standard InChI is InChI=1S/C27H48O3Si2/c1-11-12-13-16-22-18-24-23(25(19-22)29-31(5,6)7)20-26(30-32(8,9)10)27(4,28-24)17-14-15-21(2)3/h15,18-19,26H,11-14,16-17,20H2,1-10H3. The van der Waals surface area contributed by atoms with E-state index in [-0.39, 0.29) is 11.7 Å². The van der Waals surface area contributed by atoms with Crippen LogP contribution in [0.5, 0.6) is 11.5 Å². The first-order valence-corrected chi connectivity index (χ1v) is 19.4. The second-order valence-corrected chi connectivity index (χ2v) is 20.8. The van der Waals surface area contributed by atoms with Gasteiger partial charge in [0.25, 0.3) is 0 Å². The second-order valence-electron chi connectivity index (χ2n) is 11.9. The lowest BCUT2D eigenvalue weighted by Gasteiger charge is -2.45. The summed E-state index contributed by atoms with van der Waals surface area (Å²) >= 11 is 0. The van der Waals surface area contributed by atoms with Gasteiger partial charge in [-0.2, -0.15) is 0 Å². The van der Waals surface area contributed by atoms with Crippen LogP contribution in [0.4, 0.5) is 0 Å².